The molecule has 0 aliphatic heterocycles. The topological polar surface area (TPSA) is 52.6 Å². The smallest absolute Gasteiger partial charge is 0.312 e. The van der Waals surface area contributed by atoms with Gasteiger partial charge in [-0.1, -0.05) is 56.2 Å². The number of fused-ring (bicyclic) bond motifs is 5. The van der Waals surface area contributed by atoms with E-state index < -0.39 is 0 Å². The predicted molar refractivity (Wildman–Crippen MR) is 144 cm³/mol. The number of hydrogen-bond donors (Lipinski definition) is 0. The first kappa shape index (κ1) is 27.2. The lowest BCUT2D eigenvalue weighted by molar-refractivity contribution is -0.151. The molecule has 0 N–H and O–H groups in total. The Labute approximate surface area is 219 Å². The molecule has 0 spiro atoms. The highest BCUT2D eigenvalue weighted by molar-refractivity contribution is 5.76. The van der Waals surface area contributed by atoms with E-state index in [2.05, 4.69) is 53.3 Å². The van der Waals surface area contributed by atoms with E-state index in [9.17, 15) is 9.59 Å². The Hall–Kier alpha value is -1.84. The minimum Gasteiger partial charge on any atom is -0.469 e. The Morgan fingerprint density at radius 1 is 1.06 bits per heavy atom. The summed E-state index contributed by atoms with van der Waals surface area (Å²) >= 11 is 0. The Kier molecular flexibility index (Phi) is 7.40. The normalized spacial score (nSPS) is 40.2. The van der Waals surface area contributed by atoms with Crippen LogP contribution in [0, 0.1) is 45.8 Å². The molecule has 0 heterocycles. The quantitative estimate of drug-likeness (QED) is 0.283. The molecule has 36 heavy (non-hydrogen) atoms. The third-order valence-corrected chi connectivity index (χ3v) is 11.5. The highest BCUT2D eigenvalue weighted by atomic mass is 16.5. The van der Waals surface area contributed by atoms with Gasteiger partial charge in [0.05, 0.1) is 26.1 Å². The van der Waals surface area contributed by atoms with Crippen LogP contribution in [0.5, 0.6) is 0 Å². The van der Waals surface area contributed by atoms with Crippen molar-refractivity contribution in [3.8, 4) is 0 Å². The predicted octanol–water partition coefficient (Wildman–Crippen LogP) is 7.45. The van der Waals surface area contributed by atoms with E-state index in [1.165, 1.54) is 12.7 Å². The molecule has 8 atom stereocenters. The largest absolute Gasteiger partial charge is 0.469 e. The minimum absolute atomic E-state index is 0.0307. The number of esters is 2. The van der Waals surface area contributed by atoms with Crippen LogP contribution in [0.1, 0.15) is 92.4 Å². The van der Waals surface area contributed by atoms with Crippen LogP contribution in [0.2, 0.25) is 0 Å². The van der Waals surface area contributed by atoms with Crippen LogP contribution in [0.15, 0.2) is 35.5 Å². The lowest BCUT2D eigenvalue weighted by Crippen LogP contribution is -2.54. The Balaban J connectivity index is 1.64. The first-order valence-electron chi connectivity index (χ1n) is 14.1. The van der Waals surface area contributed by atoms with Gasteiger partial charge in [-0.25, -0.2) is 0 Å². The summed E-state index contributed by atoms with van der Waals surface area (Å²) in [6.45, 7) is 16.1. The molecular formula is C32H48O4. The molecule has 4 aliphatic carbocycles. The van der Waals surface area contributed by atoms with Crippen molar-refractivity contribution in [3.63, 3.8) is 0 Å². The van der Waals surface area contributed by atoms with Gasteiger partial charge in [0.2, 0.25) is 0 Å². The van der Waals surface area contributed by atoms with Crippen molar-refractivity contribution in [2.75, 3.05) is 14.2 Å². The van der Waals surface area contributed by atoms with Gasteiger partial charge in [0, 0.05) is 0 Å². The van der Waals surface area contributed by atoms with Crippen LogP contribution in [0.4, 0.5) is 0 Å². The second kappa shape index (κ2) is 9.80. The fourth-order valence-corrected chi connectivity index (χ4v) is 9.24. The molecule has 3 saturated carbocycles. The molecular weight excluding hydrogens is 448 g/mol. The van der Waals surface area contributed by atoms with Crippen molar-refractivity contribution in [1.82, 2.24) is 0 Å². The Bertz CT molecular complexity index is 971. The summed E-state index contributed by atoms with van der Waals surface area (Å²) in [5, 5.41) is 0. The highest BCUT2D eigenvalue weighted by Gasteiger charge is 2.65. The van der Waals surface area contributed by atoms with E-state index in [-0.39, 0.29) is 40.0 Å². The van der Waals surface area contributed by atoms with Crippen LogP contribution >= 0.6 is 0 Å². The van der Waals surface area contributed by atoms with E-state index >= 15 is 0 Å². The van der Waals surface area contributed by atoms with E-state index in [1.54, 1.807) is 12.7 Å². The summed E-state index contributed by atoms with van der Waals surface area (Å²) in [5.41, 5.74) is 4.34. The highest BCUT2D eigenvalue weighted by Crippen LogP contribution is 2.72. The van der Waals surface area contributed by atoms with E-state index in [0.717, 1.165) is 63.4 Å². The van der Waals surface area contributed by atoms with Crippen LogP contribution in [-0.4, -0.2) is 26.2 Å². The SMILES string of the molecule is C=C1[C@@H](C(=O)OC)CC[C@]2(C)[C@@H]3CC[C@@]4(C)[C@H]([C@H](CCC=C(C)C)C(=O)OC)CC[C@]4(C)C3=CC[C@@H]12. The molecule has 0 aromatic rings. The van der Waals surface area contributed by atoms with Gasteiger partial charge in [-0.05, 0) is 106 Å². The molecule has 4 heteroatoms. The molecule has 3 fully saturated rings. The molecule has 0 saturated heterocycles. The van der Waals surface area contributed by atoms with Crippen molar-refractivity contribution >= 4 is 11.9 Å². The van der Waals surface area contributed by atoms with Crippen LogP contribution in [0.25, 0.3) is 0 Å². The lowest BCUT2D eigenvalue weighted by atomic mass is 9.43. The molecule has 0 amide bonds. The molecule has 4 aliphatic rings. The number of allylic oxidation sites excluding steroid dienone is 4. The average molecular weight is 497 g/mol. The van der Waals surface area contributed by atoms with Gasteiger partial charge < -0.3 is 9.47 Å². The van der Waals surface area contributed by atoms with Crippen molar-refractivity contribution < 1.29 is 19.1 Å². The fraction of sp³-hybridized carbons (Fsp3) is 0.750. The molecule has 0 bridgehead atoms. The number of ether oxygens (including phenoxy) is 2. The van der Waals surface area contributed by atoms with E-state index in [0.29, 0.717) is 17.8 Å². The molecule has 200 valence electrons. The summed E-state index contributed by atoms with van der Waals surface area (Å²) in [7, 11) is 3.04. The number of carbonyl (C=O) groups is 2. The monoisotopic (exact) mass is 496 g/mol. The Morgan fingerprint density at radius 2 is 1.78 bits per heavy atom. The van der Waals surface area contributed by atoms with E-state index in [1.807, 2.05) is 0 Å². The maximum atomic E-state index is 13.1. The van der Waals surface area contributed by atoms with Gasteiger partial charge in [0.15, 0.2) is 0 Å². The second-order valence-electron chi connectivity index (χ2n) is 13.1. The maximum absolute atomic E-state index is 13.1. The number of rotatable bonds is 6. The minimum atomic E-state index is -0.162. The van der Waals surface area contributed by atoms with Gasteiger partial charge in [0.1, 0.15) is 0 Å². The number of carbonyl (C=O) groups excluding carboxylic acids is 2. The van der Waals surface area contributed by atoms with Gasteiger partial charge in [0.25, 0.3) is 0 Å². The third-order valence-electron chi connectivity index (χ3n) is 11.5. The first-order valence-corrected chi connectivity index (χ1v) is 14.1. The first-order chi connectivity index (χ1) is 16.9. The van der Waals surface area contributed by atoms with Gasteiger partial charge in [-0.3, -0.25) is 9.59 Å². The van der Waals surface area contributed by atoms with Gasteiger partial charge >= 0.3 is 11.9 Å². The van der Waals surface area contributed by atoms with Crippen LogP contribution in [-0.2, 0) is 19.1 Å². The molecule has 4 rings (SSSR count). The zero-order valence-electron chi connectivity index (χ0n) is 23.7. The maximum Gasteiger partial charge on any atom is 0.312 e. The van der Waals surface area contributed by atoms with Crippen molar-refractivity contribution in [2.45, 2.75) is 92.4 Å². The standard InChI is InChI=1S/C32H48O4/c1-20(2)10-9-11-23(29(34)36-8)25-15-18-32(6)27-13-12-24-21(3)22(28(33)35-7)14-17-30(24,4)26(27)16-19-31(25,32)5/h10,13,22-26H,3,9,11-12,14-19H2,1-2,4-8H3/t22-,23-,24-,25-,26+,30-,31-,32+/m0/s1. The zero-order valence-corrected chi connectivity index (χ0v) is 23.7. The summed E-state index contributed by atoms with van der Waals surface area (Å²) < 4.78 is 10.5. The molecule has 0 aromatic heterocycles. The lowest BCUT2D eigenvalue weighted by Gasteiger charge is -2.61. The summed E-state index contributed by atoms with van der Waals surface area (Å²) in [6.07, 6.45) is 13.9. The van der Waals surface area contributed by atoms with Gasteiger partial charge in [-0.2, -0.15) is 0 Å². The number of hydrogen-bond acceptors (Lipinski definition) is 4. The number of methoxy groups -OCH3 is 2. The molecule has 0 unspecified atom stereocenters. The van der Waals surface area contributed by atoms with Crippen LogP contribution in [0.3, 0.4) is 0 Å². The third kappa shape index (κ3) is 4.02. The van der Waals surface area contributed by atoms with Crippen molar-refractivity contribution in [1.29, 1.82) is 0 Å². The Morgan fingerprint density at radius 3 is 2.42 bits per heavy atom. The molecule has 0 aromatic carbocycles. The fourth-order valence-electron chi connectivity index (χ4n) is 9.24. The molecule has 0 radical (unpaired) electrons. The van der Waals surface area contributed by atoms with Gasteiger partial charge in [-0.15, -0.1) is 0 Å². The van der Waals surface area contributed by atoms with Crippen molar-refractivity contribution in [2.24, 2.45) is 45.8 Å². The summed E-state index contributed by atoms with van der Waals surface area (Å²) in [4.78, 5) is 25.5. The average Bonchev–Trinajstić information content (AvgIpc) is 3.12. The van der Waals surface area contributed by atoms with Crippen molar-refractivity contribution in [3.05, 3.63) is 35.5 Å². The summed E-state index contributed by atoms with van der Waals surface area (Å²) in [5.74, 6) is 0.837. The van der Waals surface area contributed by atoms with E-state index in [4.69, 9.17) is 9.47 Å². The molecule has 4 nitrogen and oxygen atoms in total. The summed E-state index contributed by atoms with van der Waals surface area (Å²) in [6, 6.07) is 0. The zero-order chi connectivity index (χ0) is 26.5. The second-order valence-corrected chi connectivity index (χ2v) is 13.1. The van der Waals surface area contributed by atoms with Crippen LogP contribution < -0.4 is 0 Å².